The van der Waals surface area contributed by atoms with E-state index in [9.17, 15) is 8.42 Å². The molecule has 0 spiro atoms. The number of hydrogen-bond donors (Lipinski definition) is 2. The zero-order valence-electron chi connectivity index (χ0n) is 14.9. The van der Waals surface area contributed by atoms with Crippen molar-refractivity contribution in [2.75, 3.05) is 38.5 Å². The van der Waals surface area contributed by atoms with E-state index in [-0.39, 0.29) is 29.7 Å². The van der Waals surface area contributed by atoms with Gasteiger partial charge in [0, 0.05) is 38.6 Å². The third kappa shape index (κ3) is 7.10. The standard InChI is InChI=1S/C17H28N4O2S.HI/c1-3-18-17(19-10-12-21-11-7-13-24(21,22)23)20-14-15(2)16-8-5-4-6-9-16;/h4-6,8-9,15H,3,7,10-14H2,1-2H3,(H2,18,19,20);1H. The van der Waals surface area contributed by atoms with Gasteiger partial charge in [-0.3, -0.25) is 4.99 Å². The highest BCUT2D eigenvalue weighted by Gasteiger charge is 2.27. The van der Waals surface area contributed by atoms with E-state index < -0.39 is 10.0 Å². The number of hydrogen-bond acceptors (Lipinski definition) is 3. The maximum Gasteiger partial charge on any atom is 0.214 e. The van der Waals surface area contributed by atoms with E-state index in [2.05, 4.69) is 34.7 Å². The molecule has 1 unspecified atom stereocenters. The molecule has 1 aromatic carbocycles. The molecule has 0 aliphatic carbocycles. The van der Waals surface area contributed by atoms with Gasteiger partial charge in [-0.25, -0.2) is 12.7 Å². The average molecular weight is 480 g/mol. The Morgan fingerprint density at radius 1 is 1.28 bits per heavy atom. The first-order valence-corrected chi connectivity index (χ1v) is 10.2. The lowest BCUT2D eigenvalue weighted by Crippen LogP contribution is -2.42. The van der Waals surface area contributed by atoms with Crippen molar-refractivity contribution in [3.63, 3.8) is 0 Å². The Labute approximate surface area is 168 Å². The largest absolute Gasteiger partial charge is 0.357 e. The number of sulfonamides is 1. The molecular weight excluding hydrogens is 451 g/mol. The second-order valence-corrected chi connectivity index (χ2v) is 8.12. The smallest absolute Gasteiger partial charge is 0.214 e. The van der Waals surface area contributed by atoms with Crippen LogP contribution in [0.2, 0.25) is 0 Å². The van der Waals surface area contributed by atoms with Crippen molar-refractivity contribution >= 4 is 40.0 Å². The quantitative estimate of drug-likeness (QED) is 0.356. The molecule has 8 heteroatoms. The van der Waals surface area contributed by atoms with E-state index in [1.807, 2.05) is 25.1 Å². The van der Waals surface area contributed by atoms with Gasteiger partial charge in [-0.15, -0.1) is 24.0 Å². The minimum Gasteiger partial charge on any atom is -0.357 e. The molecule has 1 aromatic rings. The summed E-state index contributed by atoms with van der Waals surface area (Å²) in [5, 5.41) is 6.43. The zero-order chi connectivity index (χ0) is 17.4. The van der Waals surface area contributed by atoms with Crippen LogP contribution in [0.3, 0.4) is 0 Å². The second kappa shape index (κ2) is 11.0. The van der Waals surface area contributed by atoms with E-state index in [1.54, 1.807) is 4.31 Å². The van der Waals surface area contributed by atoms with E-state index in [1.165, 1.54) is 5.56 Å². The normalized spacial score (nSPS) is 18.4. The van der Waals surface area contributed by atoms with Gasteiger partial charge in [-0.1, -0.05) is 37.3 Å². The van der Waals surface area contributed by atoms with Gasteiger partial charge in [-0.05, 0) is 18.9 Å². The predicted molar refractivity (Wildman–Crippen MR) is 114 cm³/mol. The maximum absolute atomic E-state index is 11.8. The molecule has 1 aliphatic rings. The highest BCUT2D eigenvalue weighted by atomic mass is 127. The van der Waals surface area contributed by atoms with Gasteiger partial charge in [0.15, 0.2) is 5.96 Å². The number of guanidine groups is 1. The first-order chi connectivity index (χ1) is 11.5. The number of aliphatic imine (C=N–C) groups is 1. The predicted octanol–water partition coefficient (Wildman–Crippen LogP) is 2.00. The molecule has 1 fully saturated rings. The lowest BCUT2D eigenvalue weighted by Gasteiger charge is -2.17. The van der Waals surface area contributed by atoms with Crippen LogP contribution in [-0.2, 0) is 10.0 Å². The van der Waals surface area contributed by atoms with Crippen molar-refractivity contribution in [2.45, 2.75) is 26.2 Å². The number of benzene rings is 1. The molecule has 0 aromatic heterocycles. The Balaban J connectivity index is 0.00000312. The highest BCUT2D eigenvalue weighted by molar-refractivity contribution is 14.0. The van der Waals surface area contributed by atoms with Crippen molar-refractivity contribution in [1.82, 2.24) is 14.9 Å². The van der Waals surface area contributed by atoms with E-state index in [4.69, 9.17) is 0 Å². The first kappa shape index (κ1) is 22.2. The number of halogens is 1. The van der Waals surface area contributed by atoms with Gasteiger partial charge in [0.25, 0.3) is 0 Å². The Kier molecular flexibility index (Phi) is 9.73. The monoisotopic (exact) mass is 480 g/mol. The van der Waals surface area contributed by atoms with Gasteiger partial charge >= 0.3 is 0 Å². The summed E-state index contributed by atoms with van der Waals surface area (Å²) < 4.78 is 25.1. The summed E-state index contributed by atoms with van der Waals surface area (Å²) in [6.07, 6.45) is 0.727. The van der Waals surface area contributed by atoms with E-state index in [0.717, 1.165) is 18.9 Å². The topological polar surface area (TPSA) is 73.8 Å². The van der Waals surface area contributed by atoms with Gasteiger partial charge in [0.1, 0.15) is 0 Å². The molecule has 0 amide bonds. The molecule has 2 N–H and O–H groups in total. The van der Waals surface area contributed by atoms with Crippen LogP contribution in [0.4, 0.5) is 0 Å². The molecule has 1 saturated heterocycles. The fourth-order valence-electron chi connectivity index (χ4n) is 2.70. The number of nitrogens with one attached hydrogen (secondary N) is 2. The SMILES string of the molecule is CCNC(=NCC(C)c1ccccc1)NCCN1CCCS1(=O)=O.I. The molecule has 6 nitrogen and oxygen atoms in total. The third-order valence-electron chi connectivity index (χ3n) is 4.09. The number of nitrogens with zero attached hydrogens (tertiary/aromatic N) is 2. The Bertz CT molecular complexity index is 637. The van der Waals surface area contributed by atoms with Crippen LogP contribution in [0, 0.1) is 0 Å². The Morgan fingerprint density at radius 3 is 2.60 bits per heavy atom. The lowest BCUT2D eigenvalue weighted by molar-refractivity contribution is 0.445. The molecule has 0 saturated carbocycles. The van der Waals surface area contributed by atoms with Crippen LogP contribution < -0.4 is 10.6 Å². The van der Waals surface area contributed by atoms with E-state index >= 15 is 0 Å². The van der Waals surface area contributed by atoms with Crippen molar-refractivity contribution in [3.05, 3.63) is 35.9 Å². The van der Waals surface area contributed by atoms with Gasteiger partial charge in [0.2, 0.25) is 10.0 Å². The highest BCUT2D eigenvalue weighted by Crippen LogP contribution is 2.14. The van der Waals surface area contributed by atoms with Crippen molar-refractivity contribution < 1.29 is 8.42 Å². The molecule has 0 bridgehead atoms. The average Bonchev–Trinajstić information content (AvgIpc) is 2.91. The fourth-order valence-corrected chi connectivity index (χ4v) is 4.23. The summed E-state index contributed by atoms with van der Waals surface area (Å²) in [5.41, 5.74) is 1.26. The Morgan fingerprint density at radius 2 is 2.00 bits per heavy atom. The van der Waals surface area contributed by atoms with Crippen LogP contribution in [0.1, 0.15) is 31.7 Å². The number of rotatable bonds is 7. The second-order valence-electron chi connectivity index (χ2n) is 6.03. The minimum absolute atomic E-state index is 0. The molecule has 2 rings (SSSR count). The van der Waals surface area contributed by atoms with Crippen LogP contribution >= 0.6 is 24.0 Å². The van der Waals surface area contributed by atoms with Crippen molar-refractivity contribution in [1.29, 1.82) is 0 Å². The summed E-state index contributed by atoms with van der Waals surface area (Å²) >= 11 is 0. The first-order valence-electron chi connectivity index (χ1n) is 8.58. The van der Waals surface area contributed by atoms with Gasteiger partial charge in [-0.2, -0.15) is 0 Å². The summed E-state index contributed by atoms with van der Waals surface area (Å²) in [4.78, 5) is 4.62. The van der Waals surface area contributed by atoms with Crippen molar-refractivity contribution in [2.24, 2.45) is 4.99 Å². The van der Waals surface area contributed by atoms with Gasteiger partial charge in [0.05, 0.1) is 5.75 Å². The zero-order valence-corrected chi connectivity index (χ0v) is 18.1. The molecule has 1 atom stereocenters. The summed E-state index contributed by atoms with van der Waals surface area (Å²) in [7, 11) is -3.03. The molecule has 1 aliphatic heterocycles. The summed E-state index contributed by atoms with van der Waals surface area (Å²) in [6, 6.07) is 10.3. The van der Waals surface area contributed by atoms with Crippen molar-refractivity contribution in [3.8, 4) is 0 Å². The van der Waals surface area contributed by atoms with Gasteiger partial charge < -0.3 is 10.6 Å². The minimum atomic E-state index is -3.03. The third-order valence-corrected chi connectivity index (χ3v) is 6.05. The van der Waals surface area contributed by atoms with Crippen LogP contribution in [0.15, 0.2) is 35.3 Å². The summed E-state index contributed by atoms with van der Waals surface area (Å²) in [6.45, 7) is 7.30. The Hall–Kier alpha value is -0.870. The molecule has 25 heavy (non-hydrogen) atoms. The molecule has 1 heterocycles. The molecule has 142 valence electrons. The summed E-state index contributed by atoms with van der Waals surface area (Å²) in [5.74, 6) is 1.34. The van der Waals surface area contributed by atoms with Crippen LogP contribution in [-0.4, -0.2) is 57.2 Å². The van der Waals surface area contributed by atoms with Crippen LogP contribution in [0.5, 0.6) is 0 Å². The lowest BCUT2D eigenvalue weighted by atomic mass is 10.0. The molecular formula is C17H29IN4O2S. The van der Waals surface area contributed by atoms with E-state index in [0.29, 0.717) is 32.1 Å². The fraction of sp³-hybridized carbons (Fsp3) is 0.588. The maximum atomic E-state index is 11.8. The molecule has 0 radical (unpaired) electrons. The van der Waals surface area contributed by atoms with Crippen LogP contribution in [0.25, 0.3) is 0 Å².